The van der Waals surface area contributed by atoms with Crippen LogP contribution in [0.3, 0.4) is 0 Å². The zero-order valence-corrected chi connectivity index (χ0v) is 9.92. The Kier molecular flexibility index (Phi) is 4.50. The van der Waals surface area contributed by atoms with Gasteiger partial charge in [0.2, 0.25) is 0 Å². The average Bonchev–Trinajstić information content (AvgIpc) is 2.66. The second-order valence-corrected chi connectivity index (χ2v) is 4.56. The summed E-state index contributed by atoms with van der Waals surface area (Å²) in [6.45, 7) is 3.75. The maximum atomic E-state index is 9.39. The molecule has 0 bridgehead atoms. The zero-order chi connectivity index (χ0) is 12.1. The molecule has 0 aliphatic carbocycles. The van der Waals surface area contributed by atoms with Crippen LogP contribution in [0.5, 0.6) is 0 Å². The highest BCUT2D eigenvalue weighted by atomic mass is 16.3. The molecule has 0 spiro atoms. The van der Waals surface area contributed by atoms with Gasteiger partial charge in [0.1, 0.15) is 0 Å². The summed E-state index contributed by atoms with van der Waals surface area (Å²) < 4.78 is 0. The topological polar surface area (TPSA) is 55.7 Å². The molecule has 4 nitrogen and oxygen atoms in total. The molecule has 0 saturated carbocycles. The van der Waals surface area contributed by atoms with E-state index in [-0.39, 0.29) is 0 Å². The molecule has 2 atom stereocenters. The highest BCUT2D eigenvalue weighted by molar-refractivity contribution is 5.14. The molecule has 4 heteroatoms. The summed E-state index contributed by atoms with van der Waals surface area (Å²) in [4.78, 5) is 2.08. The highest BCUT2D eigenvalue weighted by Gasteiger charge is 2.28. The Balaban J connectivity index is 1.61. The van der Waals surface area contributed by atoms with Gasteiger partial charge >= 0.3 is 0 Å². The average molecular weight is 236 g/mol. The molecule has 0 unspecified atom stereocenters. The number of hydrogen-bond donors (Lipinski definition) is 3. The van der Waals surface area contributed by atoms with Crippen molar-refractivity contribution < 1.29 is 10.2 Å². The van der Waals surface area contributed by atoms with Crippen molar-refractivity contribution in [1.82, 2.24) is 10.2 Å². The second-order valence-electron chi connectivity index (χ2n) is 4.56. The lowest BCUT2D eigenvalue weighted by molar-refractivity contribution is 0.0572. The summed E-state index contributed by atoms with van der Waals surface area (Å²) in [5, 5.41) is 22.1. The maximum Gasteiger partial charge on any atom is 0.0938 e. The van der Waals surface area contributed by atoms with Crippen molar-refractivity contribution in [2.24, 2.45) is 0 Å². The molecule has 0 amide bonds. The van der Waals surface area contributed by atoms with Crippen molar-refractivity contribution in [2.45, 2.75) is 18.8 Å². The first kappa shape index (κ1) is 12.5. The van der Waals surface area contributed by atoms with E-state index in [4.69, 9.17) is 0 Å². The number of nitrogens with one attached hydrogen (secondary N) is 1. The van der Waals surface area contributed by atoms with Gasteiger partial charge in [-0.2, -0.15) is 0 Å². The molecule has 0 radical (unpaired) electrons. The van der Waals surface area contributed by atoms with Crippen molar-refractivity contribution in [3.63, 3.8) is 0 Å². The van der Waals surface area contributed by atoms with Crippen LogP contribution in [0.4, 0.5) is 0 Å². The number of nitrogens with zero attached hydrogens (tertiary/aromatic N) is 1. The van der Waals surface area contributed by atoms with Crippen LogP contribution in [-0.2, 0) is 6.54 Å². The van der Waals surface area contributed by atoms with E-state index >= 15 is 0 Å². The van der Waals surface area contributed by atoms with Crippen LogP contribution in [-0.4, -0.2) is 53.5 Å². The molecule has 1 aromatic rings. The van der Waals surface area contributed by atoms with Gasteiger partial charge in [-0.05, 0) is 5.56 Å². The van der Waals surface area contributed by atoms with Crippen LogP contribution in [0.25, 0.3) is 0 Å². The number of aliphatic hydroxyl groups is 2. The zero-order valence-electron chi connectivity index (χ0n) is 9.92. The maximum absolute atomic E-state index is 9.39. The van der Waals surface area contributed by atoms with E-state index in [1.807, 2.05) is 18.2 Å². The lowest BCUT2D eigenvalue weighted by Gasteiger charge is -2.14. The lowest BCUT2D eigenvalue weighted by Crippen LogP contribution is -2.31. The highest BCUT2D eigenvalue weighted by Crippen LogP contribution is 2.08. The minimum Gasteiger partial charge on any atom is -0.389 e. The predicted octanol–water partition coefficient (Wildman–Crippen LogP) is -0.186. The van der Waals surface area contributed by atoms with Gasteiger partial charge in [-0.3, -0.25) is 4.90 Å². The third-order valence-electron chi connectivity index (χ3n) is 3.11. The van der Waals surface area contributed by atoms with Gasteiger partial charge in [-0.25, -0.2) is 0 Å². The molecule has 1 saturated heterocycles. The molecule has 1 aliphatic heterocycles. The standard InChI is InChI=1S/C13H20N2O2/c16-12-9-15(10-13(12)17)7-6-14-8-11-4-2-1-3-5-11/h1-5,12-14,16-17H,6-10H2/t12-,13-/m0/s1. The fourth-order valence-corrected chi connectivity index (χ4v) is 2.10. The van der Waals surface area contributed by atoms with Gasteiger partial charge < -0.3 is 15.5 Å². The first-order chi connectivity index (χ1) is 8.25. The monoisotopic (exact) mass is 236 g/mol. The van der Waals surface area contributed by atoms with Crippen LogP contribution in [0, 0.1) is 0 Å². The van der Waals surface area contributed by atoms with Gasteiger partial charge in [-0.1, -0.05) is 30.3 Å². The summed E-state index contributed by atoms with van der Waals surface area (Å²) in [5.41, 5.74) is 1.27. The van der Waals surface area contributed by atoms with E-state index in [1.54, 1.807) is 0 Å². The third kappa shape index (κ3) is 3.78. The van der Waals surface area contributed by atoms with E-state index in [2.05, 4.69) is 22.3 Å². The molecule has 1 fully saturated rings. The molecular formula is C13H20N2O2. The molecule has 1 heterocycles. The van der Waals surface area contributed by atoms with E-state index in [1.165, 1.54) is 5.56 Å². The van der Waals surface area contributed by atoms with Crippen molar-refractivity contribution >= 4 is 0 Å². The number of benzene rings is 1. The number of β-amino-alcohol motifs (C(OH)–C–C–N with tert-alkyl or cyclic N) is 2. The number of hydrogen-bond acceptors (Lipinski definition) is 4. The Morgan fingerprint density at radius 2 is 1.76 bits per heavy atom. The SMILES string of the molecule is O[C@H]1CN(CCNCc2ccccc2)C[C@@H]1O. The summed E-state index contributed by atoms with van der Waals surface area (Å²) in [6, 6.07) is 10.3. The van der Waals surface area contributed by atoms with Crippen LogP contribution in [0.2, 0.25) is 0 Å². The van der Waals surface area contributed by atoms with Gasteiger partial charge in [-0.15, -0.1) is 0 Å². The van der Waals surface area contributed by atoms with Gasteiger partial charge in [0.05, 0.1) is 12.2 Å². The largest absolute Gasteiger partial charge is 0.389 e. The van der Waals surface area contributed by atoms with Gasteiger partial charge in [0, 0.05) is 32.7 Å². The van der Waals surface area contributed by atoms with Crippen molar-refractivity contribution in [1.29, 1.82) is 0 Å². The van der Waals surface area contributed by atoms with E-state index in [9.17, 15) is 10.2 Å². The number of likely N-dealkylation sites (tertiary alicyclic amines) is 1. The van der Waals surface area contributed by atoms with Crippen LogP contribution in [0.15, 0.2) is 30.3 Å². The number of aliphatic hydroxyl groups excluding tert-OH is 2. The quantitative estimate of drug-likeness (QED) is 0.621. The van der Waals surface area contributed by atoms with Crippen LogP contribution >= 0.6 is 0 Å². The van der Waals surface area contributed by atoms with Crippen molar-refractivity contribution in [3.05, 3.63) is 35.9 Å². The fraction of sp³-hybridized carbons (Fsp3) is 0.538. The second kappa shape index (κ2) is 6.12. The summed E-state index contributed by atoms with van der Waals surface area (Å²) >= 11 is 0. The molecule has 2 rings (SSSR count). The minimum absolute atomic E-state index is 0.578. The van der Waals surface area contributed by atoms with E-state index < -0.39 is 12.2 Å². The Hall–Kier alpha value is -0.940. The van der Waals surface area contributed by atoms with Crippen LogP contribution < -0.4 is 5.32 Å². The number of rotatable bonds is 5. The van der Waals surface area contributed by atoms with E-state index in [0.717, 1.165) is 19.6 Å². The van der Waals surface area contributed by atoms with Gasteiger partial charge in [0.15, 0.2) is 0 Å². The van der Waals surface area contributed by atoms with Crippen LogP contribution in [0.1, 0.15) is 5.56 Å². The molecule has 1 aromatic carbocycles. The first-order valence-corrected chi connectivity index (χ1v) is 6.09. The Morgan fingerprint density at radius 1 is 1.12 bits per heavy atom. The molecule has 1 aliphatic rings. The van der Waals surface area contributed by atoms with E-state index in [0.29, 0.717) is 13.1 Å². The minimum atomic E-state index is -0.580. The summed E-state index contributed by atoms with van der Waals surface area (Å²) in [5.74, 6) is 0. The summed E-state index contributed by atoms with van der Waals surface area (Å²) in [6.07, 6.45) is -1.16. The summed E-state index contributed by atoms with van der Waals surface area (Å²) in [7, 11) is 0. The Bertz CT molecular complexity index is 321. The van der Waals surface area contributed by atoms with Crippen molar-refractivity contribution in [3.8, 4) is 0 Å². The first-order valence-electron chi connectivity index (χ1n) is 6.09. The normalized spacial score (nSPS) is 25.3. The Morgan fingerprint density at radius 3 is 2.41 bits per heavy atom. The molecule has 3 N–H and O–H groups in total. The predicted molar refractivity (Wildman–Crippen MR) is 66.6 cm³/mol. The van der Waals surface area contributed by atoms with Gasteiger partial charge in [0.25, 0.3) is 0 Å². The lowest BCUT2D eigenvalue weighted by atomic mass is 10.2. The fourth-order valence-electron chi connectivity index (χ4n) is 2.10. The molecular weight excluding hydrogens is 216 g/mol. The smallest absolute Gasteiger partial charge is 0.0938 e. The van der Waals surface area contributed by atoms with Crippen molar-refractivity contribution in [2.75, 3.05) is 26.2 Å². The third-order valence-corrected chi connectivity index (χ3v) is 3.11. The molecule has 0 aromatic heterocycles. The Labute approximate surface area is 102 Å². The molecule has 17 heavy (non-hydrogen) atoms. The molecule has 94 valence electrons.